The summed E-state index contributed by atoms with van der Waals surface area (Å²) in [6.07, 6.45) is 5.44. The van der Waals surface area contributed by atoms with Gasteiger partial charge in [-0.15, -0.1) is 22.6 Å². The van der Waals surface area contributed by atoms with Gasteiger partial charge in [-0.1, -0.05) is 31.1 Å². The molecule has 1 aliphatic heterocycles. The average molecular weight is 305 g/mol. The minimum Gasteiger partial charge on any atom is -0.316 e. The van der Waals surface area contributed by atoms with Gasteiger partial charge in [0.05, 0.1) is 5.92 Å². The molecule has 1 unspecified atom stereocenters. The van der Waals surface area contributed by atoms with E-state index in [9.17, 15) is 4.79 Å². The van der Waals surface area contributed by atoms with Crippen LogP contribution in [0.4, 0.5) is 5.13 Å². The van der Waals surface area contributed by atoms with Crippen molar-refractivity contribution < 1.29 is 4.79 Å². The number of hydrogen-bond donors (Lipinski definition) is 2. The van der Waals surface area contributed by atoms with E-state index in [0.29, 0.717) is 5.13 Å². The molecule has 2 N–H and O–H groups in total. The average Bonchev–Trinajstić information content (AvgIpc) is 3.00. The van der Waals surface area contributed by atoms with Crippen molar-refractivity contribution in [3.8, 4) is 0 Å². The van der Waals surface area contributed by atoms with E-state index in [-0.39, 0.29) is 24.2 Å². The SMILES string of the molecule is CCCCCc1nnc(NC(=O)C2CCNC2)s1.Cl. The van der Waals surface area contributed by atoms with E-state index in [4.69, 9.17) is 0 Å². The molecule has 19 heavy (non-hydrogen) atoms. The van der Waals surface area contributed by atoms with Gasteiger partial charge in [0.15, 0.2) is 0 Å². The summed E-state index contributed by atoms with van der Waals surface area (Å²) in [4.78, 5) is 11.9. The second kappa shape index (κ2) is 8.45. The van der Waals surface area contributed by atoms with Gasteiger partial charge in [-0.25, -0.2) is 0 Å². The molecular weight excluding hydrogens is 284 g/mol. The summed E-state index contributed by atoms with van der Waals surface area (Å²) in [5, 5.41) is 15.8. The first-order valence-electron chi connectivity index (χ1n) is 6.63. The molecule has 2 heterocycles. The van der Waals surface area contributed by atoms with Crippen LogP contribution in [0.15, 0.2) is 0 Å². The van der Waals surface area contributed by atoms with Gasteiger partial charge >= 0.3 is 0 Å². The number of nitrogens with zero attached hydrogens (tertiary/aromatic N) is 2. The van der Waals surface area contributed by atoms with Crippen molar-refractivity contribution in [3.05, 3.63) is 5.01 Å². The summed E-state index contributed by atoms with van der Waals surface area (Å²) in [6.45, 7) is 3.88. The molecule has 1 aromatic heterocycles. The predicted molar refractivity (Wildman–Crippen MR) is 80.0 cm³/mol. The van der Waals surface area contributed by atoms with Gasteiger partial charge in [-0.3, -0.25) is 4.79 Å². The van der Waals surface area contributed by atoms with Gasteiger partial charge < -0.3 is 10.6 Å². The number of nitrogens with one attached hydrogen (secondary N) is 2. The Bertz CT molecular complexity index is 393. The highest BCUT2D eigenvalue weighted by atomic mass is 35.5. The molecule has 0 bridgehead atoms. The topological polar surface area (TPSA) is 66.9 Å². The van der Waals surface area contributed by atoms with Gasteiger partial charge in [-0.2, -0.15) is 0 Å². The first-order chi connectivity index (χ1) is 8.79. The first-order valence-corrected chi connectivity index (χ1v) is 7.45. The Balaban J connectivity index is 0.00000180. The molecule has 1 aliphatic rings. The van der Waals surface area contributed by atoms with Crippen LogP contribution in [0.2, 0.25) is 0 Å². The van der Waals surface area contributed by atoms with Gasteiger partial charge in [0, 0.05) is 13.0 Å². The van der Waals surface area contributed by atoms with E-state index >= 15 is 0 Å². The minimum absolute atomic E-state index is 0. The zero-order chi connectivity index (χ0) is 12.8. The third-order valence-electron chi connectivity index (χ3n) is 3.12. The molecule has 1 fully saturated rings. The minimum atomic E-state index is 0. The second-order valence-electron chi connectivity index (χ2n) is 4.64. The maximum absolute atomic E-state index is 11.9. The molecule has 1 atom stereocenters. The van der Waals surface area contributed by atoms with Crippen LogP contribution in [0.25, 0.3) is 0 Å². The Hall–Kier alpha value is -0.720. The summed E-state index contributed by atoms with van der Waals surface area (Å²) in [5.41, 5.74) is 0. The Kier molecular flexibility index (Phi) is 7.27. The van der Waals surface area contributed by atoms with Gasteiger partial charge in [0.2, 0.25) is 11.0 Å². The molecule has 7 heteroatoms. The monoisotopic (exact) mass is 304 g/mol. The Morgan fingerprint density at radius 3 is 3.00 bits per heavy atom. The predicted octanol–water partition coefficient (Wildman–Crippen LogP) is 2.24. The van der Waals surface area contributed by atoms with Crippen molar-refractivity contribution in [3.63, 3.8) is 0 Å². The number of aryl methyl sites for hydroxylation is 1. The van der Waals surface area contributed by atoms with Crippen molar-refractivity contribution in [2.45, 2.75) is 39.0 Å². The zero-order valence-corrected chi connectivity index (χ0v) is 12.8. The number of halogens is 1. The molecule has 2 rings (SSSR count). The van der Waals surface area contributed by atoms with E-state index < -0.39 is 0 Å². The number of rotatable bonds is 6. The number of anilines is 1. The highest BCUT2D eigenvalue weighted by Crippen LogP contribution is 2.19. The van der Waals surface area contributed by atoms with Crippen LogP contribution in [-0.2, 0) is 11.2 Å². The zero-order valence-electron chi connectivity index (χ0n) is 11.1. The number of carbonyl (C=O) groups excluding carboxylic acids is 1. The van der Waals surface area contributed by atoms with Crippen molar-refractivity contribution in [2.24, 2.45) is 5.92 Å². The number of carbonyl (C=O) groups is 1. The number of hydrogen-bond acceptors (Lipinski definition) is 5. The second-order valence-corrected chi connectivity index (χ2v) is 5.70. The number of unbranched alkanes of at least 4 members (excludes halogenated alkanes) is 2. The van der Waals surface area contributed by atoms with Crippen molar-refractivity contribution in [2.75, 3.05) is 18.4 Å². The van der Waals surface area contributed by atoms with Crippen LogP contribution >= 0.6 is 23.7 Å². The van der Waals surface area contributed by atoms with Crippen LogP contribution < -0.4 is 10.6 Å². The summed E-state index contributed by atoms with van der Waals surface area (Å²) < 4.78 is 0. The standard InChI is InChI=1S/C12H20N4OS.ClH/c1-2-3-4-5-10-15-16-12(18-10)14-11(17)9-6-7-13-8-9;/h9,13H,2-8H2,1H3,(H,14,16,17);1H. The third-order valence-corrected chi connectivity index (χ3v) is 4.02. The van der Waals surface area contributed by atoms with E-state index in [0.717, 1.165) is 37.4 Å². The lowest BCUT2D eigenvalue weighted by Gasteiger charge is -2.06. The fourth-order valence-electron chi connectivity index (χ4n) is 2.02. The van der Waals surface area contributed by atoms with Gasteiger partial charge in [0.25, 0.3) is 0 Å². The number of aromatic nitrogens is 2. The highest BCUT2D eigenvalue weighted by Gasteiger charge is 2.23. The smallest absolute Gasteiger partial charge is 0.230 e. The van der Waals surface area contributed by atoms with Crippen LogP contribution in [0, 0.1) is 5.92 Å². The maximum Gasteiger partial charge on any atom is 0.230 e. The molecule has 108 valence electrons. The Labute approximate surface area is 124 Å². The van der Waals surface area contributed by atoms with Gasteiger partial charge in [-0.05, 0) is 19.4 Å². The molecule has 0 aromatic carbocycles. The van der Waals surface area contributed by atoms with Crippen LogP contribution in [0.5, 0.6) is 0 Å². The Morgan fingerprint density at radius 1 is 1.47 bits per heavy atom. The molecule has 1 aromatic rings. The summed E-state index contributed by atoms with van der Waals surface area (Å²) in [7, 11) is 0. The van der Waals surface area contributed by atoms with Crippen molar-refractivity contribution in [1.82, 2.24) is 15.5 Å². The summed E-state index contributed by atoms with van der Waals surface area (Å²) in [5.74, 6) is 0.147. The third kappa shape index (κ3) is 5.04. The highest BCUT2D eigenvalue weighted by molar-refractivity contribution is 7.15. The molecule has 1 amide bonds. The molecule has 0 spiro atoms. The molecule has 0 aliphatic carbocycles. The normalized spacial score (nSPS) is 18.1. The van der Waals surface area contributed by atoms with E-state index in [1.165, 1.54) is 24.2 Å². The Morgan fingerprint density at radius 2 is 2.32 bits per heavy atom. The lowest BCUT2D eigenvalue weighted by molar-refractivity contribution is -0.119. The van der Waals surface area contributed by atoms with E-state index in [1.807, 2.05) is 0 Å². The maximum atomic E-state index is 11.9. The largest absolute Gasteiger partial charge is 0.316 e. The number of amides is 1. The van der Waals surface area contributed by atoms with Crippen molar-refractivity contribution in [1.29, 1.82) is 0 Å². The molecule has 0 saturated carbocycles. The fourth-order valence-corrected chi connectivity index (χ4v) is 2.80. The van der Waals surface area contributed by atoms with Crippen molar-refractivity contribution >= 4 is 34.8 Å². The fraction of sp³-hybridized carbons (Fsp3) is 0.750. The van der Waals surface area contributed by atoms with Crippen LogP contribution in [0.3, 0.4) is 0 Å². The lowest BCUT2D eigenvalue weighted by atomic mass is 10.1. The summed E-state index contributed by atoms with van der Waals surface area (Å²) >= 11 is 1.50. The molecule has 5 nitrogen and oxygen atoms in total. The van der Waals surface area contributed by atoms with Crippen LogP contribution in [0.1, 0.15) is 37.6 Å². The summed E-state index contributed by atoms with van der Waals surface area (Å²) in [6, 6.07) is 0. The molecule has 1 saturated heterocycles. The lowest BCUT2D eigenvalue weighted by Crippen LogP contribution is -2.24. The first kappa shape index (κ1) is 16.3. The quantitative estimate of drug-likeness (QED) is 0.791. The van der Waals surface area contributed by atoms with E-state index in [2.05, 4.69) is 27.8 Å². The van der Waals surface area contributed by atoms with Gasteiger partial charge in [0.1, 0.15) is 5.01 Å². The van der Waals surface area contributed by atoms with E-state index in [1.54, 1.807) is 0 Å². The van der Waals surface area contributed by atoms with Crippen LogP contribution in [-0.4, -0.2) is 29.2 Å². The molecular formula is C12H21ClN4OS. The molecule has 0 radical (unpaired) electrons.